The number of aromatic nitrogens is 3. The number of rotatable bonds is 8. The fraction of sp³-hybridized carbons (Fsp3) is 0.208. The summed E-state index contributed by atoms with van der Waals surface area (Å²) < 4.78 is 24.9. The van der Waals surface area contributed by atoms with Crippen molar-refractivity contribution >= 4 is 33.9 Å². The molecule has 1 saturated carbocycles. The Hall–Kier alpha value is -4.12. The maximum Gasteiger partial charge on any atom is 0.338 e. The van der Waals surface area contributed by atoms with Crippen molar-refractivity contribution in [1.29, 1.82) is 0 Å². The van der Waals surface area contributed by atoms with Crippen LogP contribution in [-0.4, -0.2) is 33.1 Å². The number of nitrogens with one attached hydrogen (secondary N) is 1. The number of esters is 1. The van der Waals surface area contributed by atoms with Crippen LogP contribution in [0, 0.1) is 5.82 Å². The maximum absolute atomic E-state index is 12.9. The molecule has 35 heavy (non-hydrogen) atoms. The van der Waals surface area contributed by atoms with E-state index in [0.717, 1.165) is 17.8 Å². The second kappa shape index (κ2) is 9.63. The normalized spacial score (nSPS) is 12.9. The number of halogens is 1. The zero-order valence-electron chi connectivity index (χ0n) is 18.3. The van der Waals surface area contributed by atoms with Crippen LogP contribution in [0.1, 0.15) is 39.8 Å². The molecule has 0 radical (unpaired) electrons. The van der Waals surface area contributed by atoms with Gasteiger partial charge in [0.25, 0.3) is 11.5 Å². The molecule has 5 rings (SSSR count). The summed E-state index contributed by atoms with van der Waals surface area (Å²) in [5.41, 5.74) is 0.601. The van der Waals surface area contributed by atoms with Gasteiger partial charge in [0.1, 0.15) is 23.2 Å². The highest BCUT2D eigenvalue weighted by molar-refractivity contribution is 7.16. The van der Waals surface area contributed by atoms with Gasteiger partial charge in [-0.15, -0.1) is 0 Å². The number of hydrogen-bond donors (Lipinski definition) is 1. The standard InChI is InChI=1S/C24H19FN4O5S/c25-16-6-8-19(9-7-16)33-13-20(30)26-17-3-1-2-15(10-17)23(32)34-12-18-11-21(31)29-24(27-18)35-22(28-29)14-4-5-14/h1-3,6-11,14H,4-5,12-13H2,(H,26,30). The van der Waals surface area contributed by atoms with Gasteiger partial charge in [0.2, 0.25) is 4.96 Å². The van der Waals surface area contributed by atoms with Gasteiger partial charge in [-0.3, -0.25) is 9.59 Å². The lowest BCUT2D eigenvalue weighted by molar-refractivity contribution is -0.118. The molecule has 1 fully saturated rings. The molecule has 0 spiro atoms. The number of fused-ring (bicyclic) bond motifs is 1. The molecule has 2 aromatic heterocycles. The van der Waals surface area contributed by atoms with Crippen LogP contribution in [0.4, 0.5) is 10.1 Å². The summed E-state index contributed by atoms with van der Waals surface area (Å²) in [5, 5.41) is 7.84. The number of anilines is 1. The highest BCUT2D eigenvalue weighted by atomic mass is 32.1. The smallest absolute Gasteiger partial charge is 0.338 e. The van der Waals surface area contributed by atoms with Gasteiger partial charge in [0.05, 0.1) is 11.3 Å². The van der Waals surface area contributed by atoms with Crippen molar-refractivity contribution in [3.05, 3.63) is 87.0 Å². The van der Waals surface area contributed by atoms with Gasteiger partial charge in [0, 0.05) is 17.7 Å². The molecule has 9 nitrogen and oxygen atoms in total. The Bertz CT molecular complexity index is 1460. The van der Waals surface area contributed by atoms with E-state index < -0.39 is 17.7 Å². The summed E-state index contributed by atoms with van der Waals surface area (Å²) in [6, 6.07) is 12.8. The Kier molecular flexibility index (Phi) is 6.23. The van der Waals surface area contributed by atoms with Gasteiger partial charge in [-0.05, 0) is 55.3 Å². The minimum absolute atomic E-state index is 0.177. The van der Waals surface area contributed by atoms with Crippen LogP contribution in [0.25, 0.3) is 4.96 Å². The second-order valence-corrected chi connectivity index (χ2v) is 8.93. The third-order valence-corrected chi connectivity index (χ3v) is 6.23. The van der Waals surface area contributed by atoms with Crippen LogP contribution in [-0.2, 0) is 16.1 Å². The SMILES string of the molecule is O=C(COc1ccc(F)cc1)Nc1cccc(C(=O)OCc2cc(=O)n3nc(C4CC4)sc3n2)c1. The summed E-state index contributed by atoms with van der Waals surface area (Å²) in [7, 11) is 0. The van der Waals surface area contributed by atoms with E-state index in [1.807, 2.05) is 0 Å². The number of hydrogen-bond acceptors (Lipinski definition) is 8. The quantitative estimate of drug-likeness (QED) is 0.373. The van der Waals surface area contributed by atoms with Crippen LogP contribution in [0.2, 0.25) is 0 Å². The molecule has 0 bridgehead atoms. The van der Waals surface area contributed by atoms with Gasteiger partial charge < -0.3 is 14.8 Å². The highest BCUT2D eigenvalue weighted by Crippen LogP contribution is 2.41. The summed E-state index contributed by atoms with van der Waals surface area (Å²) in [6.07, 6.45) is 2.14. The van der Waals surface area contributed by atoms with Crippen molar-refractivity contribution in [1.82, 2.24) is 14.6 Å². The molecule has 1 amide bonds. The van der Waals surface area contributed by atoms with E-state index in [1.54, 1.807) is 18.2 Å². The van der Waals surface area contributed by atoms with Crippen molar-refractivity contribution in [2.45, 2.75) is 25.4 Å². The summed E-state index contributed by atoms with van der Waals surface area (Å²) in [6.45, 7) is -0.465. The maximum atomic E-state index is 12.9. The van der Waals surface area contributed by atoms with E-state index in [1.165, 1.54) is 52.3 Å². The summed E-state index contributed by atoms with van der Waals surface area (Å²) >= 11 is 1.37. The van der Waals surface area contributed by atoms with Gasteiger partial charge >= 0.3 is 5.97 Å². The molecule has 11 heteroatoms. The van der Waals surface area contributed by atoms with Crippen molar-refractivity contribution in [3.8, 4) is 5.75 Å². The molecule has 1 aliphatic rings. The first-order valence-corrected chi connectivity index (χ1v) is 11.6. The number of amides is 1. The minimum atomic E-state index is -0.631. The second-order valence-electron chi connectivity index (χ2n) is 7.94. The molecule has 2 heterocycles. The van der Waals surface area contributed by atoms with E-state index in [4.69, 9.17) is 9.47 Å². The largest absolute Gasteiger partial charge is 0.484 e. The molecule has 0 aliphatic heterocycles. The molecular formula is C24H19FN4O5S. The minimum Gasteiger partial charge on any atom is -0.484 e. The van der Waals surface area contributed by atoms with Crippen LogP contribution < -0.4 is 15.6 Å². The predicted octanol–water partition coefficient (Wildman–Crippen LogP) is 3.54. The summed E-state index contributed by atoms with van der Waals surface area (Å²) in [4.78, 5) is 41.9. The van der Waals surface area contributed by atoms with Crippen LogP contribution in [0.5, 0.6) is 5.75 Å². The van der Waals surface area contributed by atoms with E-state index in [-0.39, 0.29) is 24.3 Å². The lowest BCUT2D eigenvalue weighted by Gasteiger charge is -2.09. The Morgan fingerprint density at radius 2 is 1.94 bits per heavy atom. The molecule has 0 unspecified atom stereocenters. The van der Waals surface area contributed by atoms with Gasteiger partial charge in [-0.1, -0.05) is 17.4 Å². The van der Waals surface area contributed by atoms with Crippen molar-refractivity contribution in [2.24, 2.45) is 0 Å². The van der Waals surface area contributed by atoms with Crippen LogP contribution >= 0.6 is 11.3 Å². The third-order valence-electron chi connectivity index (χ3n) is 5.16. The fourth-order valence-electron chi connectivity index (χ4n) is 3.26. The number of ether oxygens (including phenoxy) is 2. The number of carbonyl (C=O) groups excluding carboxylic acids is 2. The van der Waals surface area contributed by atoms with Gasteiger partial charge in [0.15, 0.2) is 6.61 Å². The Labute approximate surface area is 202 Å². The Morgan fingerprint density at radius 3 is 2.71 bits per heavy atom. The average Bonchev–Trinajstić information content (AvgIpc) is 3.61. The predicted molar refractivity (Wildman–Crippen MR) is 125 cm³/mol. The van der Waals surface area contributed by atoms with E-state index in [9.17, 15) is 18.8 Å². The molecule has 178 valence electrons. The third kappa shape index (κ3) is 5.52. The number of nitrogens with zero attached hydrogens (tertiary/aromatic N) is 3. The lowest BCUT2D eigenvalue weighted by Crippen LogP contribution is -2.20. The zero-order valence-corrected chi connectivity index (χ0v) is 19.1. The van der Waals surface area contributed by atoms with Crippen molar-refractivity contribution in [2.75, 3.05) is 11.9 Å². The van der Waals surface area contributed by atoms with Crippen molar-refractivity contribution < 1.29 is 23.5 Å². The van der Waals surface area contributed by atoms with E-state index >= 15 is 0 Å². The molecular weight excluding hydrogens is 475 g/mol. The number of benzene rings is 2. The topological polar surface area (TPSA) is 112 Å². The molecule has 1 aliphatic carbocycles. The molecule has 2 aromatic carbocycles. The molecule has 0 atom stereocenters. The highest BCUT2D eigenvalue weighted by Gasteiger charge is 2.28. The van der Waals surface area contributed by atoms with E-state index in [0.29, 0.717) is 28.0 Å². The average molecular weight is 495 g/mol. The van der Waals surface area contributed by atoms with Gasteiger partial charge in [-0.25, -0.2) is 14.2 Å². The molecule has 1 N–H and O–H groups in total. The monoisotopic (exact) mass is 494 g/mol. The van der Waals surface area contributed by atoms with E-state index in [2.05, 4.69) is 15.4 Å². The molecule has 4 aromatic rings. The number of carbonyl (C=O) groups is 2. The van der Waals surface area contributed by atoms with Gasteiger partial charge in [-0.2, -0.15) is 9.61 Å². The lowest BCUT2D eigenvalue weighted by atomic mass is 10.2. The van der Waals surface area contributed by atoms with Crippen LogP contribution in [0.3, 0.4) is 0 Å². The first-order valence-electron chi connectivity index (χ1n) is 10.8. The van der Waals surface area contributed by atoms with Crippen molar-refractivity contribution in [3.63, 3.8) is 0 Å². The fourth-order valence-corrected chi connectivity index (χ4v) is 4.36. The van der Waals surface area contributed by atoms with Crippen LogP contribution in [0.15, 0.2) is 59.4 Å². The zero-order chi connectivity index (χ0) is 24.4. The first kappa shape index (κ1) is 22.7. The summed E-state index contributed by atoms with van der Waals surface area (Å²) in [5.74, 6) is -0.723. The molecule has 0 saturated heterocycles. The first-order chi connectivity index (χ1) is 16.9. The Morgan fingerprint density at radius 1 is 1.14 bits per heavy atom. The Balaban J connectivity index is 1.18.